The highest BCUT2D eigenvalue weighted by molar-refractivity contribution is 5.98. The van der Waals surface area contributed by atoms with Crippen LogP contribution in [0.2, 0.25) is 0 Å². The molecule has 0 saturated heterocycles. The van der Waals surface area contributed by atoms with E-state index < -0.39 is 4.92 Å². The van der Waals surface area contributed by atoms with Gasteiger partial charge in [0.1, 0.15) is 0 Å². The highest BCUT2D eigenvalue weighted by Gasteiger charge is 2.07. The molecule has 0 saturated carbocycles. The number of nitro benzene ring substituents is 1. The minimum Gasteiger partial charge on any atom is -0.377 e. The fraction of sp³-hybridized carbons (Fsp3) is 0.0714. The maximum absolute atomic E-state index is 11.8. The van der Waals surface area contributed by atoms with Crippen LogP contribution in [0.3, 0.4) is 0 Å². The van der Waals surface area contributed by atoms with Crippen LogP contribution in [0.5, 0.6) is 0 Å². The summed E-state index contributed by atoms with van der Waals surface area (Å²) in [5.41, 5.74) is 1.16. The predicted molar refractivity (Wildman–Crippen MR) is 72.4 cm³/mol. The summed E-state index contributed by atoms with van der Waals surface area (Å²) < 4.78 is 0. The van der Waals surface area contributed by atoms with E-state index in [4.69, 9.17) is 0 Å². The van der Waals surface area contributed by atoms with Gasteiger partial charge in [-0.2, -0.15) is 0 Å². The molecule has 0 unspecified atom stereocenters. The lowest BCUT2D eigenvalue weighted by molar-refractivity contribution is -0.384. The molecule has 0 bridgehead atoms. The summed E-state index contributed by atoms with van der Waals surface area (Å²) >= 11 is 0. The van der Waals surface area contributed by atoms with Gasteiger partial charge in [-0.3, -0.25) is 14.9 Å². The zero-order valence-electron chi connectivity index (χ0n) is 10.1. The SMILES string of the molecule is O=C(CNc1cccc([N+](=O)[O-])c1)c1ccccc1. The van der Waals surface area contributed by atoms with Crippen molar-refractivity contribution in [2.75, 3.05) is 11.9 Å². The van der Waals surface area contributed by atoms with Crippen molar-refractivity contribution >= 4 is 17.2 Å². The summed E-state index contributed by atoms with van der Waals surface area (Å²) in [6, 6.07) is 15.0. The normalized spacial score (nSPS) is 9.89. The Kier molecular flexibility index (Phi) is 3.87. The molecule has 96 valence electrons. The summed E-state index contributed by atoms with van der Waals surface area (Å²) in [5, 5.41) is 13.5. The summed E-state index contributed by atoms with van der Waals surface area (Å²) in [7, 11) is 0. The van der Waals surface area contributed by atoms with Crippen molar-refractivity contribution in [3.63, 3.8) is 0 Å². The van der Waals surface area contributed by atoms with Gasteiger partial charge >= 0.3 is 0 Å². The Hall–Kier alpha value is -2.69. The maximum Gasteiger partial charge on any atom is 0.271 e. The number of carbonyl (C=O) groups is 1. The van der Waals surface area contributed by atoms with Crippen molar-refractivity contribution < 1.29 is 9.72 Å². The lowest BCUT2D eigenvalue weighted by Gasteiger charge is -2.05. The number of nitrogens with one attached hydrogen (secondary N) is 1. The minimum atomic E-state index is -0.468. The van der Waals surface area contributed by atoms with Crippen LogP contribution in [0.15, 0.2) is 54.6 Å². The first-order valence-corrected chi connectivity index (χ1v) is 5.73. The Morgan fingerprint density at radius 2 is 1.84 bits per heavy atom. The number of carbonyl (C=O) groups excluding carboxylic acids is 1. The van der Waals surface area contributed by atoms with Crippen LogP contribution in [-0.2, 0) is 0 Å². The number of benzene rings is 2. The van der Waals surface area contributed by atoms with Crippen LogP contribution < -0.4 is 5.32 Å². The molecule has 5 nitrogen and oxygen atoms in total. The van der Waals surface area contributed by atoms with Gasteiger partial charge in [0.15, 0.2) is 5.78 Å². The van der Waals surface area contributed by atoms with Crippen LogP contribution in [-0.4, -0.2) is 17.3 Å². The zero-order chi connectivity index (χ0) is 13.7. The standard InChI is InChI=1S/C14H12N2O3/c17-14(11-5-2-1-3-6-11)10-15-12-7-4-8-13(9-12)16(18)19/h1-9,15H,10H2. The van der Waals surface area contributed by atoms with Crippen molar-refractivity contribution in [1.82, 2.24) is 0 Å². The minimum absolute atomic E-state index is 0.00263. The van der Waals surface area contributed by atoms with Gasteiger partial charge in [0.2, 0.25) is 0 Å². The van der Waals surface area contributed by atoms with E-state index in [0.29, 0.717) is 11.3 Å². The molecule has 0 aliphatic carbocycles. The summed E-state index contributed by atoms with van der Waals surface area (Å²) in [4.78, 5) is 22.0. The lowest BCUT2D eigenvalue weighted by Crippen LogP contribution is -2.13. The topological polar surface area (TPSA) is 72.2 Å². The molecule has 2 aromatic rings. The molecule has 2 rings (SSSR count). The van der Waals surface area contributed by atoms with Crippen molar-refractivity contribution in [3.05, 3.63) is 70.3 Å². The third-order valence-corrected chi connectivity index (χ3v) is 2.61. The number of anilines is 1. The van der Waals surface area contributed by atoms with Gasteiger partial charge in [-0.15, -0.1) is 0 Å². The molecular weight excluding hydrogens is 244 g/mol. The number of hydrogen-bond donors (Lipinski definition) is 1. The summed E-state index contributed by atoms with van der Waals surface area (Å²) in [5.74, 6) is -0.0629. The number of rotatable bonds is 5. The Morgan fingerprint density at radius 1 is 1.11 bits per heavy atom. The molecule has 1 N–H and O–H groups in total. The Labute approximate surface area is 110 Å². The number of non-ortho nitro benzene ring substituents is 1. The fourth-order valence-corrected chi connectivity index (χ4v) is 1.64. The van der Waals surface area contributed by atoms with E-state index in [1.807, 2.05) is 6.07 Å². The van der Waals surface area contributed by atoms with Crippen LogP contribution >= 0.6 is 0 Å². The second kappa shape index (κ2) is 5.77. The molecule has 0 aliphatic heterocycles. The van der Waals surface area contributed by atoms with Gasteiger partial charge in [0.05, 0.1) is 11.5 Å². The molecule has 0 amide bonds. The molecular formula is C14H12N2O3. The van der Waals surface area contributed by atoms with E-state index in [-0.39, 0.29) is 18.0 Å². The fourth-order valence-electron chi connectivity index (χ4n) is 1.64. The zero-order valence-corrected chi connectivity index (χ0v) is 10.1. The van der Waals surface area contributed by atoms with Crippen LogP contribution in [0.4, 0.5) is 11.4 Å². The van der Waals surface area contributed by atoms with Gasteiger partial charge < -0.3 is 5.32 Å². The monoisotopic (exact) mass is 256 g/mol. The van der Waals surface area contributed by atoms with Crippen molar-refractivity contribution in [2.45, 2.75) is 0 Å². The Balaban J connectivity index is 2.01. The van der Waals surface area contributed by atoms with Crippen molar-refractivity contribution in [1.29, 1.82) is 0 Å². The highest BCUT2D eigenvalue weighted by Crippen LogP contribution is 2.16. The molecule has 0 spiro atoms. The van der Waals surface area contributed by atoms with E-state index in [9.17, 15) is 14.9 Å². The molecule has 0 heterocycles. The number of hydrogen-bond acceptors (Lipinski definition) is 4. The molecule has 2 aromatic carbocycles. The quantitative estimate of drug-likeness (QED) is 0.507. The Morgan fingerprint density at radius 3 is 2.53 bits per heavy atom. The lowest BCUT2D eigenvalue weighted by atomic mass is 10.1. The molecule has 5 heteroatoms. The van der Waals surface area contributed by atoms with E-state index in [2.05, 4.69) is 5.32 Å². The largest absolute Gasteiger partial charge is 0.377 e. The summed E-state index contributed by atoms with van der Waals surface area (Å²) in [6.07, 6.45) is 0. The van der Waals surface area contributed by atoms with Crippen LogP contribution in [0.25, 0.3) is 0 Å². The van der Waals surface area contributed by atoms with E-state index in [0.717, 1.165) is 0 Å². The molecule has 0 aliphatic rings. The first-order chi connectivity index (χ1) is 9.16. The third-order valence-electron chi connectivity index (χ3n) is 2.61. The number of ketones is 1. The molecule has 19 heavy (non-hydrogen) atoms. The summed E-state index contributed by atoms with van der Waals surface area (Å²) in [6.45, 7) is 0.102. The molecule has 0 fully saturated rings. The number of nitro groups is 1. The average molecular weight is 256 g/mol. The number of Topliss-reactive ketones (excluding diaryl/α,β-unsaturated/α-hetero) is 1. The van der Waals surface area contributed by atoms with Crippen LogP contribution in [0, 0.1) is 10.1 Å². The van der Waals surface area contributed by atoms with E-state index in [1.165, 1.54) is 12.1 Å². The van der Waals surface area contributed by atoms with Crippen molar-refractivity contribution in [2.24, 2.45) is 0 Å². The van der Waals surface area contributed by atoms with Gasteiger partial charge in [-0.05, 0) is 6.07 Å². The van der Waals surface area contributed by atoms with Crippen LogP contribution in [0.1, 0.15) is 10.4 Å². The van der Waals surface area contributed by atoms with Gasteiger partial charge in [0, 0.05) is 23.4 Å². The molecule has 0 aromatic heterocycles. The highest BCUT2D eigenvalue weighted by atomic mass is 16.6. The first kappa shape index (κ1) is 12.8. The smallest absolute Gasteiger partial charge is 0.271 e. The second-order valence-corrected chi connectivity index (χ2v) is 3.95. The predicted octanol–water partition coefficient (Wildman–Crippen LogP) is 2.89. The number of nitrogens with zero attached hydrogens (tertiary/aromatic N) is 1. The van der Waals surface area contributed by atoms with E-state index in [1.54, 1.807) is 36.4 Å². The second-order valence-electron chi connectivity index (χ2n) is 3.95. The van der Waals surface area contributed by atoms with Gasteiger partial charge in [-0.25, -0.2) is 0 Å². The molecule has 0 atom stereocenters. The first-order valence-electron chi connectivity index (χ1n) is 5.73. The van der Waals surface area contributed by atoms with Gasteiger partial charge in [0.25, 0.3) is 5.69 Å². The van der Waals surface area contributed by atoms with Gasteiger partial charge in [-0.1, -0.05) is 36.4 Å². The Bertz CT molecular complexity index is 597. The average Bonchev–Trinajstić information content (AvgIpc) is 2.46. The maximum atomic E-state index is 11.8. The van der Waals surface area contributed by atoms with E-state index >= 15 is 0 Å². The molecule has 0 radical (unpaired) electrons. The third kappa shape index (κ3) is 3.38. The van der Waals surface area contributed by atoms with Crippen molar-refractivity contribution in [3.8, 4) is 0 Å².